The lowest BCUT2D eigenvalue weighted by molar-refractivity contribution is 0.0733. The number of hydrogen-bond acceptors (Lipinski definition) is 4. The van der Waals surface area contributed by atoms with Crippen molar-refractivity contribution in [3.05, 3.63) is 52.5 Å². The number of piperidine rings is 1. The number of carbonyl (C=O) groups is 1. The molecule has 1 saturated heterocycles. The van der Waals surface area contributed by atoms with Gasteiger partial charge in [-0.3, -0.25) is 4.79 Å². The molecule has 1 aromatic heterocycles. The minimum atomic E-state index is 0.0980. The minimum absolute atomic E-state index is 0.0980. The molecule has 2 aromatic rings. The van der Waals surface area contributed by atoms with Gasteiger partial charge in [0.05, 0.1) is 12.2 Å². The van der Waals surface area contributed by atoms with Crippen LogP contribution in [0.2, 0.25) is 0 Å². The van der Waals surface area contributed by atoms with Crippen LogP contribution >= 0.6 is 0 Å². The van der Waals surface area contributed by atoms with Gasteiger partial charge in [0.15, 0.2) is 0 Å². The van der Waals surface area contributed by atoms with Gasteiger partial charge in [-0.25, -0.2) is 9.97 Å². The maximum Gasteiger partial charge on any atom is 0.254 e. The number of fused-ring (bicyclic) bond motifs is 1. The van der Waals surface area contributed by atoms with Crippen LogP contribution in [0.15, 0.2) is 24.3 Å². The first-order valence-electron chi connectivity index (χ1n) is 9.59. The topological polar surface area (TPSA) is 49.3 Å². The summed E-state index contributed by atoms with van der Waals surface area (Å²) in [6.07, 6.45) is 4.52. The zero-order valence-corrected chi connectivity index (χ0v) is 15.7. The molecule has 0 radical (unpaired) electrons. The predicted molar refractivity (Wildman–Crippen MR) is 102 cm³/mol. The summed E-state index contributed by atoms with van der Waals surface area (Å²) in [6, 6.07) is 7.84. The number of aryl methyl sites for hydroxylation is 2. The summed E-state index contributed by atoms with van der Waals surface area (Å²) in [6.45, 7) is 7.43. The van der Waals surface area contributed by atoms with Crippen molar-refractivity contribution in [1.29, 1.82) is 0 Å². The molecule has 4 rings (SSSR count). The van der Waals surface area contributed by atoms with Gasteiger partial charge in [0.25, 0.3) is 5.91 Å². The van der Waals surface area contributed by atoms with Gasteiger partial charge in [-0.2, -0.15) is 0 Å². The summed E-state index contributed by atoms with van der Waals surface area (Å²) in [4.78, 5) is 26.7. The first kappa shape index (κ1) is 17.0. The summed E-state index contributed by atoms with van der Waals surface area (Å²) in [5.41, 5.74) is 4.18. The molecule has 1 fully saturated rings. The monoisotopic (exact) mass is 350 g/mol. The molecule has 5 heteroatoms. The Hall–Kier alpha value is -2.43. The lowest BCUT2D eigenvalue weighted by atomic mass is 10.0. The second-order valence-corrected chi connectivity index (χ2v) is 7.41. The maximum atomic E-state index is 12.9. The summed E-state index contributed by atoms with van der Waals surface area (Å²) >= 11 is 0. The highest BCUT2D eigenvalue weighted by molar-refractivity contribution is 5.94. The molecule has 0 N–H and O–H groups in total. The highest BCUT2D eigenvalue weighted by Crippen LogP contribution is 2.29. The van der Waals surface area contributed by atoms with Crippen molar-refractivity contribution >= 4 is 11.7 Å². The van der Waals surface area contributed by atoms with E-state index in [1.807, 2.05) is 43.0 Å². The van der Waals surface area contributed by atoms with Gasteiger partial charge < -0.3 is 9.80 Å². The standard InChI is InChI=1S/C21H26N4O/c1-15-6-8-17(9-7-15)21(26)25-13-10-19-18(14-25)20(23-16(2)22-19)24-11-4-3-5-12-24/h6-9H,3-5,10-14H2,1-2H3. The first-order chi connectivity index (χ1) is 12.6. The van der Waals surface area contributed by atoms with Gasteiger partial charge in [-0.1, -0.05) is 17.7 Å². The zero-order chi connectivity index (χ0) is 18.1. The first-order valence-corrected chi connectivity index (χ1v) is 9.59. The average molecular weight is 350 g/mol. The maximum absolute atomic E-state index is 12.9. The molecule has 0 bridgehead atoms. The summed E-state index contributed by atoms with van der Waals surface area (Å²) in [7, 11) is 0. The largest absolute Gasteiger partial charge is 0.356 e. The predicted octanol–water partition coefficient (Wildman–Crippen LogP) is 3.28. The van der Waals surface area contributed by atoms with Crippen molar-refractivity contribution in [2.45, 2.75) is 46.1 Å². The Labute approximate surface area is 155 Å². The molecule has 0 atom stereocenters. The smallest absolute Gasteiger partial charge is 0.254 e. The molecule has 0 spiro atoms. The Morgan fingerprint density at radius 2 is 1.69 bits per heavy atom. The van der Waals surface area contributed by atoms with Gasteiger partial charge >= 0.3 is 0 Å². The van der Waals surface area contributed by atoms with E-state index in [2.05, 4.69) is 9.88 Å². The number of nitrogens with zero attached hydrogens (tertiary/aromatic N) is 4. The zero-order valence-electron chi connectivity index (χ0n) is 15.7. The van der Waals surface area contributed by atoms with Crippen LogP contribution in [-0.4, -0.2) is 40.4 Å². The van der Waals surface area contributed by atoms with Crippen LogP contribution in [-0.2, 0) is 13.0 Å². The molecule has 0 aliphatic carbocycles. The summed E-state index contributed by atoms with van der Waals surface area (Å²) < 4.78 is 0. The molecule has 3 heterocycles. The van der Waals surface area contributed by atoms with Crippen LogP contribution in [0, 0.1) is 13.8 Å². The van der Waals surface area contributed by atoms with E-state index in [1.54, 1.807) is 0 Å². The Bertz CT molecular complexity index is 810. The molecule has 1 amide bonds. The highest BCUT2D eigenvalue weighted by atomic mass is 16.2. The molecule has 26 heavy (non-hydrogen) atoms. The Balaban J connectivity index is 1.62. The summed E-state index contributed by atoms with van der Waals surface area (Å²) in [5, 5.41) is 0. The van der Waals surface area contributed by atoms with E-state index < -0.39 is 0 Å². The van der Waals surface area contributed by atoms with Crippen molar-refractivity contribution in [1.82, 2.24) is 14.9 Å². The Kier molecular flexibility index (Phi) is 4.62. The fraction of sp³-hybridized carbons (Fsp3) is 0.476. The third kappa shape index (κ3) is 3.30. The Morgan fingerprint density at radius 3 is 2.42 bits per heavy atom. The average Bonchev–Trinajstić information content (AvgIpc) is 2.68. The Morgan fingerprint density at radius 1 is 0.962 bits per heavy atom. The van der Waals surface area contributed by atoms with E-state index in [-0.39, 0.29) is 5.91 Å². The van der Waals surface area contributed by atoms with Crippen molar-refractivity contribution in [3.63, 3.8) is 0 Å². The number of rotatable bonds is 2. The SMILES string of the molecule is Cc1ccc(C(=O)N2CCc3nc(C)nc(N4CCCCC4)c3C2)cc1. The van der Waals surface area contributed by atoms with E-state index in [9.17, 15) is 4.79 Å². The van der Waals surface area contributed by atoms with Crippen LogP contribution in [0.25, 0.3) is 0 Å². The number of benzene rings is 1. The van der Waals surface area contributed by atoms with Gasteiger partial charge in [0.2, 0.25) is 0 Å². The lowest BCUT2D eigenvalue weighted by Gasteiger charge is -2.34. The van der Waals surface area contributed by atoms with Crippen LogP contribution in [0.4, 0.5) is 5.82 Å². The number of amides is 1. The van der Waals surface area contributed by atoms with E-state index in [4.69, 9.17) is 4.98 Å². The third-order valence-electron chi connectivity index (χ3n) is 5.39. The van der Waals surface area contributed by atoms with Crippen LogP contribution in [0.3, 0.4) is 0 Å². The number of anilines is 1. The second kappa shape index (κ2) is 7.06. The van der Waals surface area contributed by atoms with Gasteiger partial charge in [0, 0.05) is 37.2 Å². The fourth-order valence-electron chi connectivity index (χ4n) is 3.94. The van der Waals surface area contributed by atoms with E-state index >= 15 is 0 Å². The van der Waals surface area contributed by atoms with E-state index in [0.29, 0.717) is 6.54 Å². The lowest BCUT2D eigenvalue weighted by Crippen LogP contribution is -2.39. The third-order valence-corrected chi connectivity index (χ3v) is 5.39. The molecule has 136 valence electrons. The molecular formula is C21H26N4O. The minimum Gasteiger partial charge on any atom is -0.356 e. The molecule has 2 aliphatic rings. The van der Waals surface area contributed by atoms with Crippen LogP contribution < -0.4 is 4.90 Å². The summed E-state index contributed by atoms with van der Waals surface area (Å²) in [5.74, 6) is 1.98. The number of carbonyl (C=O) groups excluding carboxylic acids is 1. The van der Waals surface area contributed by atoms with Gasteiger partial charge in [-0.15, -0.1) is 0 Å². The van der Waals surface area contributed by atoms with Crippen molar-refractivity contribution in [2.75, 3.05) is 24.5 Å². The van der Waals surface area contributed by atoms with Crippen LogP contribution in [0.1, 0.15) is 52.3 Å². The van der Waals surface area contributed by atoms with E-state index in [0.717, 1.165) is 54.5 Å². The normalized spacial score (nSPS) is 17.2. The molecular weight excluding hydrogens is 324 g/mol. The van der Waals surface area contributed by atoms with Crippen molar-refractivity contribution < 1.29 is 4.79 Å². The number of hydrogen-bond donors (Lipinski definition) is 0. The molecule has 5 nitrogen and oxygen atoms in total. The number of aromatic nitrogens is 2. The molecule has 0 saturated carbocycles. The highest BCUT2D eigenvalue weighted by Gasteiger charge is 2.28. The molecule has 1 aromatic carbocycles. The van der Waals surface area contributed by atoms with Gasteiger partial charge in [0.1, 0.15) is 11.6 Å². The van der Waals surface area contributed by atoms with Crippen molar-refractivity contribution in [3.8, 4) is 0 Å². The fourth-order valence-corrected chi connectivity index (χ4v) is 3.94. The van der Waals surface area contributed by atoms with Crippen LogP contribution in [0.5, 0.6) is 0 Å². The second-order valence-electron chi connectivity index (χ2n) is 7.41. The van der Waals surface area contributed by atoms with E-state index in [1.165, 1.54) is 24.8 Å². The molecule has 0 unspecified atom stereocenters. The molecule has 2 aliphatic heterocycles. The van der Waals surface area contributed by atoms with Gasteiger partial charge in [-0.05, 0) is 45.2 Å². The van der Waals surface area contributed by atoms with Crippen molar-refractivity contribution in [2.24, 2.45) is 0 Å². The quantitative estimate of drug-likeness (QED) is 0.834.